The van der Waals surface area contributed by atoms with Crippen LogP contribution in [0.25, 0.3) is 0 Å². The molecule has 1 aromatic carbocycles. The highest BCUT2D eigenvalue weighted by molar-refractivity contribution is 5.94. The van der Waals surface area contributed by atoms with Crippen LogP contribution in [0, 0.1) is 0 Å². The Morgan fingerprint density at radius 2 is 1.79 bits per heavy atom. The number of nitrogens with zero attached hydrogens (tertiary/aromatic N) is 2. The summed E-state index contributed by atoms with van der Waals surface area (Å²) in [6.07, 6.45) is 1.78. The summed E-state index contributed by atoms with van der Waals surface area (Å²) in [7, 11) is 0. The number of carboxylic acids is 1. The molecule has 1 atom stereocenters. The van der Waals surface area contributed by atoms with Gasteiger partial charge >= 0.3 is 5.97 Å². The van der Waals surface area contributed by atoms with Gasteiger partial charge in [-0.3, -0.25) is 19.4 Å². The number of hydrogen-bond acceptors (Lipinski definition) is 4. The predicted octanol–water partition coefficient (Wildman–Crippen LogP) is 3.18. The van der Waals surface area contributed by atoms with E-state index in [4.69, 9.17) is 5.11 Å². The molecule has 1 aliphatic rings. The number of carboxylic acid groups (broad SMARTS) is 1. The number of rotatable bonds is 7. The Balaban J connectivity index is 1.88. The number of likely N-dealkylation sites (N-methyl/N-ethyl adjacent to an activating group) is 1. The molecule has 156 valence electrons. The Kier molecular flexibility index (Phi) is 7.61. The van der Waals surface area contributed by atoms with Crippen LogP contribution in [0.15, 0.2) is 24.3 Å². The molecule has 1 saturated heterocycles. The summed E-state index contributed by atoms with van der Waals surface area (Å²) in [5.74, 6) is -0.783. The highest BCUT2D eigenvalue weighted by Gasteiger charge is 2.29. The highest BCUT2D eigenvalue weighted by atomic mass is 16.4. The van der Waals surface area contributed by atoms with Gasteiger partial charge in [0.05, 0.1) is 12.6 Å². The first kappa shape index (κ1) is 22.4. The van der Waals surface area contributed by atoms with E-state index in [-0.39, 0.29) is 30.0 Å². The summed E-state index contributed by atoms with van der Waals surface area (Å²) in [6, 6.07) is 8.11. The first-order valence-corrected chi connectivity index (χ1v) is 10.2. The van der Waals surface area contributed by atoms with E-state index in [9.17, 15) is 9.59 Å². The van der Waals surface area contributed by atoms with Gasteiger partial charge in [-0.2, -0.15) is 0 Å². The zero-order valence-electron chi connectivity index (χ0n) is 17.9. The fourth-order valence-electron chi connectivity index (χ4n) is 3.78. The number of benzene rings is 1. The topological polar surface area (TPSA) is 72.9 Å². The van der Waals surface area contributed by atoms with Gasteiger partial charge in [0.1, 0.15) is 0 Å². The van der Waals surface area contributed by atoms with Crippen LogP contribution in [0.5, 0.6) is 0 Å². The summed E-state index contributed by atoms with van der Waals surface area (Å²) in [6.45, 7) is 12.9. The molecule has 2 N–H and O–H groups in total. The maximum atomic E-state index is 12.7. The number of amides is 1. The number of likely N-dealkylation sites (tertiary alicyclic amines) is 1. The third-order valence-corrected chi connectivity index (χ3v) is 5.71. The van der Waals surface area contributed by atoms with Gasteiger partial charge in [0.25, 0.3) is 0 Å². The summed E-state index contributed by atoms with van der Waals surface area (Å²) in [5, 5.41) is 12.1. The number of piperidine rings is 1. The van der Waals surface area contributed by atoms with E-state index in [0.29, 0.717) is 0 Å². The standard InChI is InChI=1S/C22H35N3O3/c1-6-24(15-20(26)27)19-11-13-25(14-12-19)16(2)21(28)23-18-9-7-17(8-10-18)22(3,4)5/h7-10,16,19H,6,11-15H2,1-5H3,(H,23,28)(H,26,27). The second-order valence-electron chi connectivity index (χ2n) is 8.72. The van der Waals surface area contributed by atoms with Gasteiger partial charge in [0.2, 0.25) is 5.91 Å². The predicted molar refractivity (Wildman–Crippen MR) is 113 cm³/mol. The Morgan fingerprint density at radius 1 is 1.21 bits per heavy atom. The average Bonchev–Trinajstić information content (AvgIpc) is 2.65. The first-order valence-electron chi connectivity index (χ1n) is 10.2. The van der Waals surface area contributed by atoms with Gasteiger partial charge in [-0.05, 0) is 49.4 Å². The smallest absolute Gasteiger partial charge is 0.317 e. The lowest BCUT2D eigenvalue weighted by atomic mass is 9.87. The zero-order valence-corrected chi connectivity index (χ0v) is 17.9. The van der Waals surface area contributed by atoms with Crippen molar-refractivity contribution in [3.05, 3.63) is 29.8 Å². The van der Waals surface area contributed by atoms with E-state index in [0.717, 1.165) is 38.2 Å². The third-order valence-electron chi connectivity index (χ3n) is 5.71. The van der Waals surface area contributed by atoms with Crippen LogP contribution < -0.4 is 5.32 Å². The van der Waals surface area contributed by atoms with Crippen molar-refractivity contribution in [2.45, 2.75) is 65.0 Å². The van der Waals surface area contributed by atoms with Crippen molar-refractivity contribution in [1.82, 2.24) is 9.80 Å². The lowest BCUT2D eigenvalue weighted by Gasteiger charge is -2.39. The zero-order chi connectivity index (χ0) is 20.9. The SMILES string of the molecule is CCN(CC(=O)O)C1CCN(C(C)C(=O)Nc2ccc(C(C)(C)C)cc2)CC1. The quantitative estimate of drug-likeness (QED) is 0.749. The van der Waals surface area contributed by atoms with Crippen molar-refractivity contribution in [3.8, 4) is 0 Å². The minimum Gasteiger partial charge on any atom is -0.480 e. The van der Waals surface area contributed by atoms with Crippen LogP contribution in [0.1, 0.15) is 53.0 Å². The van der Waals surface area contributed by atoms with E-state index < -0.39 is 5.97 Å². The highest BCUT2D eigenvalue weighted by Crippen LogP contribution is 2.24. The minimum atomic E-state index is -0.783. The largest absolute Gasteiger partial charge is 0.480 e. The van der Waals surface area contributed by atoms with Crippen LogP contribution in [0.4, 0.5) is 5.69 Å². The van der Waals surface area contributed by atoms with Crippen LogP contribution in [0.2, 0.25) is 0 Å². The van der Waals surface area contributed by atoms with Gasteiger partial charge in [0, 0.05) is 24.8 Å². The molecule has 0 spiro atoms. The maximum absolute atomic E-state index is 12.7. The van der Waals surface area contributed by atoms with E-state index in [1.54, 1.807) is 0 Å². The Labute approximate surface area is 168 Å². The second-order valence-corrected chi connectivity index (χ2v) is 8.72. The fourth-order valence-corrected chi connectivity index (χ4v) is 3.78. The average molecular weight is 390 g/mol. The molecule has 0 bridgehead atoms. The Morgan fingerprint density at radius 3 is 2.25 bits per heavy atom. The molecular weight excluding hydrogens is 354 g/mol. The van der Waals surface area contributed by atoms with Crippen molar-refractivity contribution in [1.29, 1.82) is 0 Å². The second kappa shape index (κ2) is 9.52. The summed E-state index contributed by atoms with van der Waals surface area (Å²) < 4.78 is 0. The molecule has 1 aliphatic heterocycles. The number of aliphatic carboxylic acids is 1. The molecule has 1 amide bonds. The maximum Gasteiger partial charge on any atom is 0.317 e. The summed E-state index contributed by atoms with van der Waals surface area (Å²) in [5.41, 5.74) is 2.15. The van der Waals surface area contributed by atoms with E-state index >= 15 is 0 Å². The number of carbonyl (C=O) groups is 2. The third kappa shape index (κ3) is 6.04. The normalized spacial score (nSPS) is 17.5. The van der Waals surface area contributed by atoms with Gasteiger partial charge in [-0.1, -0.05) is 39.8 Å². The van der Waals surface area contributed by atoms with E-state index in [1.165, 1.54) is 5.56 Å². The molecule has 2 rings (SSSR count). The van der Waals surface area contributed by atoms with Crippen LogP contribution in [0.3, 0.4) is 0 Å². The lowest BCUT2D eigenvalue weighted by Crippen LogP contribution is -2.51. The monoisotopic (exact) mass is 389 g/mol. The molecule has 1 unspecified atom stereocenters. The molecule has 0 saturated carbocycles. The number of carbonyl (C=O) groups excluding carboxylic acids is 1. The van der Waals surface area contributed by atoms with Crippen molar-refractivity contribution in [2.75, 3.05) is 31.5 Å². The van der Waals surface area contributed by atoms with Crippen molar-refractivity contribution < 1.29 is 14.7 Å². The lowest BCUT2D eigenvalue weighted by molar-refractivity contribution is -0.139. The Hall–Kier alpha value is -1.92. The molecule has 6 heteroatoms. The summed E-state index contributed by atoms with van der Waals surface area (Å²) in [4.78, 5) is 27.9. The molecule has 0 aliphatic carbocycles. The van der Waals surface area contributed by atoms with E-state index in [2.05, 4.69) is 43.1 Å². The molecule has 1 fully saturated rings. The van der Waals surface area contributed by atoms with Crippen LogP contribution in [-0.4, -0.2) is 65.0 Å². The van der Waals surface area contributed by atoms with Crippen molar-refractivity contribution >= 4 is 17.6 Å². The number of anilines is 1. The van der Waals surface area contributed by atoms with E-state index in [1.807, 2.05) is 30.9 Å². The number of hydrogen-bond donors (Lipinski definition) is 2. The van der Waals surface area contributed by atoms with Gasteiger partial charge < -0.3 is 10.4 Å². The van der Waals surface area contributed by atoms with Crippen LogP contribution in [-0.2, 0) is 15.0 Å². The van der Waals surface area contributed by atoms with Crippen LogP contribution >= 0.6 is 0 Å². The van der Waals surface area contributed by atoms with Gasteiger partial charge in [-0.25, -0.2) is 0 Å². The molecule has 1 heterocycles. The molecule has 0 radical (unpaired) electrons. The van der Waals surface area contributed by atoms with Gasteiger partial charge in [-0.15, -0.1) is 0 Å². The first-order chi connectivity index (χ1) is 13.1. The molecule has 28 heavy (non-hydrogen) atoms. The fraction of sp³-hybridized carbons (Fsp3) is 0.636. The van der Waals surface area contributed by atoms with Crippen molar-refractivity contribution in [2.24, 2.45) is 0 Å². The Bertz CT molecular complexity index is 659. The molecular formula is C22H35N3O3. The molecule has 0 aromatic heterocycles. The minimum absolute atomic E-state index is 0.000146. The summed E-state index contributed by atoms with van der Waals surface area (Å²) >= 11 is 0. The van der Waals surface area contributed by atoms with Gasteiger partial charge in [0.15, 0.2) is 0 Å². The van der Waals surface area contributed by atoms with Crippen molar-refractivity contribution in [3.63, 3.8) is 0 Å². The number of nitrogens with one attached hydrogen (secondary N) is 1. The molecule has 1 aromatic rings. The molecule has 6 nitrogen and oxygen atoms in total.